The summed E-state index contributed by atoms with van der Waals surface area (Å²) in [4.78, 5) is 21.0. The van der Waals surface area contributed by atoms with Crippen LogP contribution in [0, 0.1) is 5.92 Å². The normalized spacial score (nSPS) is 12.8. The van der Waals surface area contributed by atoms with Gasteiger partial charge >= 0.3 is 5.97 Å². The topological polar surface area (TPSA) is 75.1 Å². The van der Waals surface area contributed by atoms with Gasteiger partial charge in [0.2, 0.25) is 0 Å². The van der Waals surface area contributed by atoms with E-state index in [-0.39, 0.29) is 12.1 Å². The van der Waals surface area contributed by atoms with Crippen LogP contribution < -0.4 is 5.56 Å². The minimum absolute atomic E-state index is 0.215. The van der Waals surface area contributed by atoms with E-state index in [0.717, 1.165) is 0 Å². The number of H-pyrrole nitrogens is 1. The van der Waals surface area contributed by atoms with Crippen molar-refractivity contribution >= 4 is 5.97 Å². The van der Waals surface area contributed by atoms with Crippen LogP contribution >= 0.6 is 0 Å². The standard InChI is InChI=1S/C7H10N2O3/c1-5(7(11)12)4-9-3-2-6(10)8-9/h2-3,5H,4H2,1H3,(H,8,10)(H,11,12). The molecule has 0 aliphatic rings. The lowest BCUT2D eigenvalue weighted by molar-refractivity contribution is -0.141. The molecule has 1 unspecified atom stereocenters. The molecular formula is C7H10N2O3. The van der Waals surface area contributed by atoms with E-state index in [4.69, 9.17) is 5.11 Å². The van der Waals surface area contributed by atoms with Crippen LogP contribution in [0.1, 0.15) is 6.92 Å². The Bertz CT molecular complexity index is 325. The van der Waals surface area contributed by atoms with E-state index < -0.39 is 11.9 Å². The van der Waals surface area contributed by atoms with Crippen molar-refractivity contribution in [3.8, 4) is 0 Å². The molecule has 66 valence electrons. The number of aliphatic carboxylic acids is 1. The molecule has 5 heteroatoms. The third-order valence-corrected chi connectivity index (χ3v) is 1.55. The van der Waals surface area contributed by atoms with Gasteiger partial charge in [-0.2, -0.15) is 0 Å². The summed E-state index contributed by atoms with van der Waals surface area (Å²) in [6.07, 6.45) is 1.53. The molecule has 0 aromatic carbocycles. The average Bonchev–Trinajstić information content (AvgIpc) is 2.35. The second-order valence-corrected chi connectivity index (χ2v) is 2.68. The Kier molecular flexibility index (Phi) is 2.32. The maximum Gasteiger partial charge on any atom is 0.308 e. The maximum absolute atomic E-state index is 10.6. The minimum Gasteiger partial charge on any atom is -0.481 e. The summed E-state index contributed by atoms with van der Waals surface area (Å²) in [7, 11) is 0. The molecule has 0 aliphatic carbocycles. The molecule has 2 N–H and O–H groups in total. The molecule has 0 radical (unpaired) electrons. The third-order valence-electron chi connectivity index (χ3n) is 1.55. The number of nitrogens with one attached hydrogen (secondary N) is 1. The molecule has 0 saturated carbocycles. The highest BCUT2D eigenvalue weighted by Crippen LogP contribution is 1.97. The lowest BCUT2D eigenvalue weighted by Crippen LogP contribution is -2.18. The highest BCUT2D eigenvalue weighted by molar-refractivity contribution is 5.69. The summed E-state index contributed by atoms with van der Waals surface area (Å²) < 4.78 is 1.46. The molecular weight excluding hydrogens is 160 g/mol. The van der Waals surface area contributed by atoms with E-state index >= 15 is 0 Å². The van der Waals surface area contributed by atoms with E-state index in [0.29, 0.717) is 0 Å². The molecule has 0 fully saturated rings. The van der Waals surface area contributed by atoms with Crippen LogP contribution in [0.25, 0.3) is 0 Å². The van der Waals surface area contributed by atoms with E-state index in [1.807, 2.05) is 0 Å². The molecule has 1 rings (SSSR count). The van der Waals surface area contributed by atoms with E-state index in [1.165, 1.54) is 16.9 Å². The molecule has 0 amide bonds. The van der Waals surface area contributed by atoms with Gasteiger partial charge in [0.05, 0.1) is 12.5 Å². The Morgan fingerprint density at radius 2 is 2.50 bits per heavy atom. The quantitative estimate of drug-likeness (QED) is 0.665. The fourth-order valence-electron chi connectivity index (χ4n) is 0.853. The summed E-state index contributed by atoms with van der Waals surface area (Å²) in [6.45, 7) is 1.87. The number of carbonyl (C=O) groups is 1. The van der Waals surface area contributed by atoms with Gasteiger partial charge in [-0.3, -0.25) is 19.4 Å². The van der Waals surface area contributed by atoms with Crippen molar-refractivity contribution in [1.29, 1.82) is 0 Å². The van der Waals surface area contributed by atoms with Crippen molar-refractivity contribution in [2.75, 3.05) is 0 Å². The molecule has 12 heavy (non-hydrogen) atoms. The molecule has 1 atom stereocenters. The largest absolute Gasteiger partial charge is 0.481 e. The van der Waals surface area contributed by atoms with Crippen LogP contribution in [0.4, 0.5) is 0 Å². The Balaban J connectivity index is 2.64. The fourth-order valence-corrected chi connectivity index (χ4v) is 0.853. The molecule has 0 spiro atoms. The van der Waals surface area contributed by atoms with Crippen LogP contribution in [-0.2, 0) is 11.3 Å². The number of rotatable bonds is 3. The summed E-state index contributed by atoms with van der Waals surface area (Å²) in [5, 5.41) is 11.0. The summed E-state index contributed by atoms with van der Waals surface area (Å²) in [5.41, 5.74) is -0.215. The van der Waals surface area contributed by atoms with Gasteiger partial charge in [0.15, 0.2) is 0 Å². The third kappa shape index (κ3) is 1.98. The highest BCUT2D eigenvalue weighted by atomic mass is 16.4. The second kappa shape index (κ2) is 3.25. The Morgan fingerprint density at radius 3 is 2.92 bits per heavy atom. The molecule has 0 aliphatic heterocycles. The van der Waals surface area contributed by atoms with Gasteiger partial charge in [-0.15, -0.1) is 0 Å². The van der Waals surface area contributed by atoms with Gasteiger partial charge in [-0.05, 0) is 0 Å². The van der Waals surface area contributed by atoms with E-state index in [9.17, 15) is 9.59 Å². The van der Waals surface area contributed by atoms with Gasteiger partial charge in [0, 0.05) is 12.3 Å². The molecule has 1 aromatic heterocycles. The van der Waals surface area contributed by atoms with Crippen molar-refractivity contribution in [1.82, 2.24) is 9.78 Å². The van der Waals surface area contributed by atoms with Gasteiger partial charge in [-0.25, -0.2) is 0 Å². The average molecular weight is 170 g/mol. The first-order valence-corrected chi connectivity index (χ1v) is 3.58. The number of hydrogen-bond donors (Lipinski definition) is 2. The Hall–Kier alpha value is -1.52. The van der Waals surface area contributed by atoms with Crippen LogP contribution in [0.3, 0.4) is 0 Å². The number of aromatic amines is 1. The SMILES string of the molecule is CC(Cn1ccc(=O)[nH]1)C(=O)O. The van der Waals surface area contributed by atoms with E-state index in [2.05, 4.69) is 5.10 Å². The van der Waals surface area contributed by atoms with Gasteiger partial charge < -0.3 is 5.11 Å². The highest BCUT2D eigenvalue weighted by Gasteiger charge is 2.10. The monoisotopic (exact) mass is 170 g/mol. The maximum atomic E-state index is 10.6. The first-order valence-electron chi connectivity index (χ1n) is 3.58. The van der Waals surface area contributed by atoms with Crippen LogP contribution in [-0.4, -0.2) is 20.9 Å². The smallest absolute Gasteiger partial charge is 0.308 e. The Morgan fingerprint density at radius 1 is 1.83 bits per heavy atom. The lowest BCUT2D eigenvalue weighted by Gasteiger charge is -2.05. The Labute approximate surface area is 68.6 Å². The lowest BCUT2D eigenvalue weighted by atomic mass is 10.2. The predicted molar refractivity (Wildman–Crippen MR) is 41.9 cm³/mol. The molecule has 1 aromatic rings. The summed E-state index contributed by atoms with van der Waals surface area (Å²) in [5.74, 6) is -1.36. The number of aromatic nitrogens is 2. The number of carboxylic acids is 1. The van der Waals surface area contributed by atoms with Crippen LogP contribution in [0.15, 0.2) is 17.1 Å². The van der Waals surface area contributed by atoms with Crippen molar-refractivity contribution in [3.05, 3.63) is 22.6 Å². The summed E-state index contributed by atoms with van der Waals surface area (Å²) >= 11 is 0. The zero-order chi connectivity index (χ0) is 9.14. The van der Waals surface area contributed by atoms with Crippen molar-refractivity contribution < 1.29 is 9.90 Å². The number of hydrogen-bond acceptors (Lipinski definition) is 2. The minimum atomic E-state index is -0.871. The first-order chi connectivity index (χ1) is 5.59. The molecule has 1 heterocycles. The zero-order valence-corrected chi connectivity index (χ0v) is 6.65. The zero-order valence-electron chi connectivity index (χ0n) is 6.65. The van der Waals surface area contributed by atoms with Gasteiger partial charge in [0.1, 0.15) is 0 Å². The molecule has 0 bridgehead atoms. The summed E-state index contributed by atoms with van der Waals surface area (Å²) in [6, 6.07) is 1.36. The van der Waals surface area contributed by atoms with Gasteiger partial charge in [-0.1, -0.05) is 6.92 Å². The predicted octanol–water partition coefficient (Wildman–Crippen LogP) is -0.103. The van der Waals surface area contributed by atoms with Crippen molar-refractivity contribution in [2.24, 2.45) is 5.92 Å². The van der Waals surface area contributed by atoms with Crippen LogP contribution in [0.2, 0.25) is 0 Å². The van der Waals surface area contributed by atoms with E-state index in [1.54, 1.807) is 6.92 Å². The van der Waals surface area contributed by atoms with Crippen LogP contribution in [0.5, 0.6) is 0 Å². The molecule has 0 saturated heterocycles. The first kappa shape index (κ1) is 8.58. The number of nitrogens with zero attached hydrogens (tertiary/aromatic N) is 1. The fraction of sp³-hybridized carbons (Fsp3) is 0.429. The second-order valence-electron chi connectivity index (χ2n) is 2.68. The van der Waals surface area contributed by atoms with Gasteiger partial charge in [0.25, 0.3) is 5.56 Å². The number of carboxylic acid groups (broad SMARTS) is 1. The van der Waals surface area contributed by atoms with Crippen molar-refractivity contribution in [2.45, 2.75) is 13.5 Å². The molecule has 5 nitrogen and oxygen atoms in total. The van der Waals surface area contributed by atoms with Crippen molar-refractivity contribution in [3.63, 3.8) is 0 Å².